The molecule has 1 heterocycles. The van der Waals surface area contributed by atoms with E-state index in [1.165, 1.54) is 0 Å². The smallest absolute Gasteiger partial charge is 0.336 e. The number of carboxylic acids is 1. The summed E-state index contributed by atoms with van der Waals surface area (Å²) in [6.07, 6.45) is 1.46. The van der Waals surface area contributed by atoms with Crippen molar-refractivity contribution in [3.8, 4) is 0 Å². The summed E-state index contributed by atoms with van der Waals surface area (Å²) in [5.74, 6) is -0.922. The number of carbonyl (C=O) groups is 1. The van der Waals surface area contributed by atoms with Gasteiger partial charge in [0.2, 0.25) is 0 Å². The highest BCUT2D eigenvalue weighted by molar-refractivity contribution is 9.10. The zero-order valence-corrected chi connectivity index (χ0v) is 11.6. The Morgan fingerprint density at radius 3 is 2.61 bits per heavy atom. The molecule has 0 amide bonds. The van der Waals surface area contributed by atoms with Crippen LogP contribution in [0.2, 0.25) is 0 Å². The summed E-state index contributed by atoms with van der Waals surface area (Å²) < 4.78 is 0.615. The second-order valence-corrected chi connectivity index (χ2v) is 5.48. The van der Waals surface area contributed by atoms with Crippen LogP contribution < -0.4 is 0 Å². The number of carboxylic acid groups (broad SMARTS) is 1. The molecule has 1 saturated heterocycles. The lowest BCUT2D eigenvalue weighted by atomic mass is 10.1. The van der Waals surface area contributed by atoms with Crippen molar-refractivity contribution in [3.05, 3.63) is 33.8 Å². The number of nitrogens with zero attached hydrogens (tertiary/aromatic N) is 1. The quantitative estimate of drug-likeness (QED) is 0.897. The van der Waals surface area contributed by atoms with Crippen molar-refractivity contribution in [2.24, 2.45) is 0 Å². The number of aromatic carboxylic acids is 1. The lowest BCUT2D eigenvalue weighted by Crippen LogP contribution is -2.35. The van der Waals surface area contributed by atoms with Crippen LogP contribution >= 0.6 is 15.9 Å². The van der Waals surface area contributed by atoms with Crippen LogP contribution in [0, 0.1) is 0 Å². The molecule has 0 atom stereocenters. The van der Waals surface area contributed by atoms with Gasteiger partial charge in [0.25, 0.3) is 0 Å². The molecular formula is C13H16BrNO3. The fourth-order valence-corrected chi connectivity index (χ4v) is 2.76. The molecule has 1 aliphatic rings. The van der Waals surface area contributed by atoms with Gasteiger partial charge in [-0.1, -0.05) is 6.07 Å². The Kier molecular flexibility index (Phi) is 4.37. The fourth-order valence-electron chi connectivity index (χ4n) is 2.17. The Bertz CT molecular complexity index is 442. The third-order valence-corrected chi connectivity index (χ3v) is 3.88. The molecule has 18 heavy (non-hydrogen) atoms. The molecule has 1 aromatic carbocycles. The molecule has 0 radical (unpaired) electrons. The highest BCUT2D eigenvalue weighted by Crippen LogP contribution is 2.21. The third kappa shape index (κ3) is 3.31. The van der Waals surface area contributed by atoms with E-state index >= 15 is 0 Å². The van der Waals surface area contributed by atoms with Crippen molar-refractivity contribution >= 4 is 21.9 Å². The number of aliphatic hydroxyl groups is 1. The number of aliphatic hydroxyl groups excluding tert-OH is 1. The van der Waals surface area contributed by atoms with E-state index in [4.69, 9.17) is 5.11 Å². The van der Waals surface area contributed by atoms with Crippen LogP contribution in [0.15, 0.2) is 22.7 Å². The Morgan fingerprint density at radius 2 is 2.06 bits per heavy atom. The molecule has 0 aromatic heterocycles. The number of benzene rings is 1. The topological polar surface area (TPSA) is 60.8 Å². The second-order valence-electron chi connectivity index (χ2n) is 4.63. The zero-order chi connectivity index (χ0) is 13.1. The number of likely N-dealkylation sites (tertiary alicyclic amines) is 1. The molecule has 0 spiro atoms. The average molecular weight is 314 g/mol. The van der Waals surface area contributed by atoms with Crippen LogP contribution in [-0.2, 0) is 6.54 Å². The predicted octanol–water partition coefficient (Wildman–Crippen LogP) is 2.10. The lowest BCUT2D eigenvalue weighted by molar-refractivity contribution is 0.0695. The van der Waals surface area contributed by atoms with E-state index in [1.54, 1.807) is 6.07 Å². The molecule has 0 unspecified atom stereocenters. The van der Waals surface area contributed by atoms with Gasteiger partial charge in [-0.05, 0) is 46.5 Å². The molecule has 0 aliphatic carbocycles. The van der Waals surface area contributed by atoms with Gasteiger partial charge in [0.05, 0.1) is 11.7 Å². The summed E-state index contributed by atoms with van der Waals surface area (Å²) in [6, 6.07) is 5.33. The Hall–Kier alpha value is -0.910. The molecular weight excluding hydrogens is 298 g/mol. The van der Waals surface area contributed by atoms with Gasteiger partial charge in [0, 0.05) is 24.1 Å². The van der Waals surface area contributed by atoms with Crippen molar-refractivity contribution in [1.29, 1.82) is 0 Å². The van der Waals surface area contributed by atoms with E-state index in [1.807, 2.05) is 12.1 Å². The van der Waals surface area contributed by atoms with E-state index < -0.39 is 5.97 Å². The van der Waals surface area contributed by atoms with Crippen LogP contribution in [0.1, 0.15) is 28.8 Å². The molecule has 2 N–H and O–H groups in total. The van der Waals surface area contributed by atoms with Gasteiger partial charge in [-0.25, -0.2) is 4.79 Å². The van der Waals surface area contributed by atoms with Crippen molar-refractivity contribution in [2.75, 3.05) is 13.1 Å². The molecule has 0 bridgehead atoms. The number of hydrogen-bond donors (Lipinski definition) is 2. The maximum atomic E-state index is 10.9. The zero-order valence-electron chi connectivity index (χ0n) is 9.97. The fraction of sp³-hybridized carbons (Fsp3) is 0.462. The van der Waals surface area contributed by atoms with Crippen LogP contribution in [0.25, 0.3) is 0 Å². The van der Waals surface area contributed by atoms with Crippen LogP contribution in [0.4, 0.5) is 0 Å². The largest absolute Gasteiger partial charge is 0.478 e. The number of halogens is 1. The minimum absolute atomic E-state index is 0.164. The first kappa shape index (κ1) is 13.5. The minimum Gasteiger partial charge on any atom is -0.478 e. The summed E-state index contributed by atoms with van der Waals surface area (Å²) in [5, 5.41) is 18.4. The Labute approximate surface area is 114 Å². The first-order chi connectivity index (χ1) is 8.56. The molecule has 1 aliphatic heterocycles. The minimum atomic E-state index is -0.922. The first-order valence-corrected chi connectivity index (χ1v) is 6.77. The Morgan fingerprint density at radius 1 is 1.39 bits per heavy atom. The van der Waals surface area contributed by atoms with E-state index in [-0.39, 0.29) is 11.7 Å². The molecule has 2 rings (SSSR count). The van der Waals surface area contributed by atoms with Gasteiger partial charge in [-0.2, -0.15) is 0 Å². The number of hydrogen-bond acceptors (Lipinski definition) is 3. The molecule has 5 heteroatoms. The van der Waals surface area contributed by atoms with Crippen molar-refractivity contribution in [1.82, 2.24) is 4.90 Å². The SMILES string of the molecule is O=C(O)c1ccc(CN2CCC(O)CC2)cc1Br. The summed E-state index contributed by atoms with van der Waals surface area (Å²) in [5.41, 5.74) is 1.37. The van der Waals surface area contributed by atoms with Gasteiger partial charge in [-0.15, -0.1) is 0 Å². The van der Waals surface area contributed by atoms with E-state index in [2.05, 4.69) is 20.8 Å². The maximum absolute atomic E-state index is 10.9. The van der Waals surface area contributed by atoms with Gasteiger partial charge >= 0.3 is 5.97 Å². The van der Waals surface area contributed by atoms with E-state index in [0.29, 0.717) is 4.47 Å². The van der Waals surface area contributed by atoms with Crippen molar-refractivity contribution in [3.63, 3.8) is 0 Å². The van der Waals surface area contributed by atoms with Crippen LogP contribution in [-0.4, -0.2) is 40.3 Å². The molecule has 4 nitrogen and oxygen atoms in total. The highest BCUT2D eigenvalue weighted by Gasteiger charge is 2.17. The third-order valence-electron chi connectivity index (χ3n) is 3.23. The van der Waals surface area contributed by atoms with Crippen LogP contribution in [0.3, 0.4) is 0 Å². The van der Waals surface area contributed by atoms with Gasteiger partial charge < -0.3 is 10.2 Å². The summed E-state index contributed by atoms with van der Waals surface area (Å²) in [6.45, 7) is 2.57. The number of piperidine rings is 1. The average Bonchev–Trinajstić information content (AvgIpc) is 2.32. The van der Waals surface area contributed by atoms with E-state index in [9.17, 15) is 9.90 Å². The molecule has 98 valence electrons. The maximum Gasteiger partial charge on any atom is 0.336 e. The summed E-state index contributed by atoms with van der Waals surface area (Å²) in [4.78, 5) is 13.2. The summed E-state index contributed by atoms with van der Waals surface area (Å²) in [7, 11) is 0. The molecule has 1 aromatic rings. The normalized spacial score (nSPS) is 17.9. The van der Waals surface area contributed by atoms with E-state index in [0.717, 1.165) is 38.0 Å². The molecule has 1 fully saturated rings. The van der Waals surface area contributed by atoms with Crippen molar-refractivity contribution in [2.45, 2.75) is 25.5 Å². The first-order valence-electron chi connectivity index (χ1n) is 5.98. The van der Waals surface area contributed by atoms with Gasteiger partial charge in [0.15, 0.2) is 0 Å². The Balaban J connectivity index is 2.02. The van der Waals surface area contributed by atoms with Crippen molar-refractivity contribution < 1.29 is 15.0 Å². The monoisotopic (exact) mass is 313 g/mol. The molecule has 0 saturated carbocycles. The standard InChI is InChI=1S/C13H16BrNO3/c14-12-7-9(1-2-11(12)13(17)18)8-15-5-3-10(16)4-6-15/h1-2,7,10,16H,3-6,8H2,(H,17,18). The second kappa shape index (κ2) is 5.82. The van der Waals surface area contributed by atoms with Crippen LogP contribution in [0.5, 0.6) is 0 Å². The number of rotatable bonds is 3. The summed E-state index contributed by atoms with van der Waals surface area (Å²) >= 11 is 3.28. The predicted molar refractivity (Wildman–Crippen MR) is 71.6 cm³/mol. The van der Waals surface area contributed by atoms with Gasteiger partial charge in [-0.3, -0.25) is 4.90 Å². The lowest BCUT2D eigenvalue weighted by Gasteiger charge is -2.29. The van der Waals surface area contributed by atoms with Gasteiger partial charge in [0.1, 0.15) is 0 Å². The highest BCUT2D eigenvalue weighted by atomic mass is 79.9.